The predicted octanol–water partition coefficient (Wildman–Crippen LogP) is 3.62. The summed E-state index contributed by atoms with van der Waals surface area (Å²) in [4.78, 5) is 0. The molecule has 0 saturated carbocycles. The van der Waals surface area contributed by atoms with Crippen molar-refractivity contribution in [2.24, 2.45) is 0 Å². The van der Waals surface area contributed by atoms with Crippen molar-refractivity contribution in [1.82, 2.24) is 0 Å². The molecule has 0 amide bonds. The smallest absolute Gasteiger partial charge is 0.244 e. The van der Waals surface area contributed by atoms with E-state index in [-0.39, 0.29) is 0 Å². The summed E-state index contributed by atoms with van der Waals surface area (Å²) in [6.07, 6.45) is -20.4. The highest BCUT2D eigenvalue weighted by molar-refractivity contribution is 7.87. The SMILES string of the molecule is O=S(=O)(F)C(F)(F)C(F)(F)OC(F)(F)C(F)(F)C(F)(F)C(F)F. The molecule has 23 heavy (non-hydrogen) atoms. The fourth-order valence-corrected chi connectivity index (χ4v) is 1.08. The highest BCUT2D eigenvalue weighted by atomic mass is 32.3. The van der Waals surface area contributed by atoms with Crippen molar-refractivity contribution in [2.45, 2.75) is 35.7 Å². The molecule has 0 aliphatic heterocycles. The van der Waals surface area contributed by atoms with Gasteiger partial charge in [0.05, 0.1) is 0 Å². The molecule has 0 rings (SSSR count). The van der Waals surface area contributed by atoms with Crippen LogP contribution >= 0.6 is 0 Å². The van der Waals surface area contributed by atoms with E-state index in [2.05, 4.69) is 0 Å². The van der Waals surface area contributed by atoms with Crippen LogP contribution < -0.4 is 0 Å². The van der Waals surface area contributed by atoms with Gasteiger partial charge in [-0.05, 0) is 0 Å². The zero-order valence-electron chi connectivity index (χ0n) is 9.62. The third kappa shape index (κ3) is 3.43. The molecule has 17 heteroatoms. The largest absolute Gasteiger partial charge is 0.464 e. The molecule has 3 nitrogen and oxygen atoms in total. The molecule has 0 N–H and O–H groups in total. The van der Waals surface area contributed by atoms with Crippen molar-refractivity contribution in [3.05, 3.63) is 0 Å². The average molecular weight is 400 g/mol. The van der Waals surface area contributed by atoms with Gasteiger partial charge >= 0.3 is 46.0 Å². The van der Waals surface area contributed by atoms with E-state index in [1.807, 2.05) is 0 Å². The normalized spacial score (nSPS) is 16.1. The van der Waals surface area contributed by atoms with E-state index >= 15 is 0 Å². The summed E-state index contributed by atoms with van der Waals surface area (Å²) in [5, 5.41) is -7.22. The quantitative estimate of drug-likeness (QED) is 0.485. The number of hydrogen-bond donors (Lipinski definition) is 0. The van der Waals surface area contributed by atoms with Crippen LogP contribution in [0.4, 0.5) is 56.6 Å². The van der Waals surface area contributed by atoms with E-state index in [1.54, 1.807) is 0 Å². The van der Waals surface area contributed by atoms with Gasteiger partial charge in [-0.2, -0.15) is 52.3 Å². The van der Waals surface area contributed by atoms with Gasteiger partial charge in [0.1, 0.15) is 0 Å². The van der Waals surface area contributed by atoms with Crippen molar-refractivity contribution >= 4 is 10.2 Å². The minimum absolute atomic E-state index is 1.32. The minimum Gasteiger partial charge on any atom is -0.244 e. The van der Waals surface area contributed by atoms with Crippen molar-refractivity contribution in [1.29, 1.82) is 0 Å². The Morgan fingerprint density at radius 2 is 1.09 bits per heavy atom. The first-order valence-electron chi connectivity index (χ1n) is 4.46. The summed E-state index contributed by atoms with van der Waals surface area (Å²) in [5.74, 6) is -14.6. The van der Waals surface area contributed by atoms with Gasteiger partial charge in [-0.15, -0.1) is 0 Å². The number of rotatable bonds is 7. The van der Waals surface area contributed by atoms with Crippen LogP contribution in [-0.2, 0) is 15.0 Å². The molecule has 140 valence electrons. The molecule has 0 saturated heterocycles. The lowest BCUT2D eigenvalue weighted by atomic mass is 10.1. The summed E-state index contributed by atoms with van der Waals surface area (Å²) in [6, 6.07) is 0. The maximum absolute atomic E-state index is 12.6. The van der Waals surface area contributed by atoms with Gasteiger partial charge in [-0.1, -0.05) is 3.89 Å². The Kier molecular flexibility index (Phi) is 5.28. The maximum Gasteiger partial charge on any atom is 0.464 e. The van der Waals surface area contributed by atoms with E-state index in [9.17, 15) is 65.0 Å². The Morgan fingerprint density at radius 3 is 1.35 bits per heavy atom. The molecular weight excluding hydrogens is 399 g/mol. The Labute approximate surface area is 117 Å². The zero-order valence-corrected chi connectivity index (χ0v) is 10.4. The Hall–Kier alpha value is -1.00. The first-order valence-corrected chi connectivity index (χ1v) is 5.85. The number of ether oxygens (including phenoxy) is 1. The van der Waals surface area contributed by atoms with Crippen LogP contribution in [0.3, 0.4) is 0 Å². The predicted molar refractivity (Wildman–Crippen MR) is 41.9 cm³/mol. The molecule has 0 aromatic carbocycles. The van der Waals surface area contributed by atoms with Gasteiger partial charge in [0.25, 0.3) is 0 Å². The Balaban J connectivity index is 5.91. The van der Waals surface area contributed by atoms with Gasteiger partial charge in [0.15, 0.2) is 0 Å². The van der Waals surface area contributed by atoms with Gasteiger partial charge < -0.3 is 0 Å². The van der Waals surface area contributed by atoms with Crippen LogP contribution in [0.1, 0.15) is 0 Å². The molecule has 0 spiro atoms. The number of halogens is 13. The highest BCUT2D eigenvalue weighted by Crippen LogP contribution is 2.53. The standard InChI is InChI=1S/C6HF13O3S/c7-1(8)2(9,10)3(11,12)4(13,14)22-5(15,16)6(17,18)23(19,20)21/h1H. The van der Waals surface area contributed by atoms with Crippen LogP contribution in [-0.4, -0.2) is 44.2 Å². The minimum atomic E-state index is -7.75. The van der Waals surface area contributed by atoms with Crippen molar-refractivity contribution in [2.75, 3.05) is 0 Å². The fraction of sp³-hybridized carbons (Fsp3) is 1.00. The second-order valence-corrected chi connectivity index (χ2v) is 4.98. The molecule has 0 aliphatic rings. The molecule has 0 atom stereocenters. The van der Waals surface area contributed by atoms with Gasteiger partial charge in [-0.25, -0.2) is 13.5 Å². The van der Waals surface area contributed by atoms with Crippen LogP contribution in [0, 0.1) is 0 Å². The van der Waals surface area contributed by atoms with Crippen molar-refractivity contribution in [3.63, 3.8) is 0 Å². The summed E-state index contributed by atoms with van der Waals surface area (Å²) >= 11 is 0. The lowest BCUT2D eigenvalue weighted by Crippen LogP contribution is -2.62. The van der Waals surface area contributed by atoms with E-state index in [0.29, 0.717) is 0 Å². The first-order chi connectivity index (χ1) is 9.65. The van der Waals surface area contributed by atoms with E-state index in [1.165, 1.54) is 4.74 Å². The molecule has 0 heterocycles. The van der Waals surface area contributed by atoms with Crippen LogP contribution in [0.15, 0.2) is 0 Å². The van der Waals surface area contributed by atoms with Crippen LogP contribution in [0.25, 0.3) is 0 Å². The topological polar surface area (TPSA) is 43.4 Å². The third-order valence-electron chi connectivity index (χ3n) is 1.96. The molecule has 0 radical (unpaired) electrons. The van der Waals surface area contributed by atoms with Crippen LogP contribution in [0.2, 0.25) is 0 Å². The fourth-order valence-electron chi connectivity index (χ4n) is 0.757. The maximum atomic E-state index is 12.6. The highest BCUT2D eigenvalue weighted by Gasteiger charge is 2.81. The summed E-state index contributed by atoms with van der Waals surface area (Å²) in [6.45, 7) is 0. The lowest BCUT2D eigenvalue weighted by Gasteiger charge is -2.34. The molecule has 0 fully saturated rings. The zero-order chi connectivity index (χ0) is 19.3. The summed E-state index contributed by atoms with van der Waals surface area (Å²) in [7, 11) is -7.75. The van der Waals surface area contributed by atoms with E-state index < -0.39 is 46.0 Å². The molecule has 0 unspecified atom stereocenters. The summed E-state index contributed by atoms with van der Waals surface area (Å²) in [5.41, 5.74) is 0. The Bertz CT molecular complexity index is 538. The molecule has 0 bridgehead atoms. The summed E-state index contributed by atoms with van der Waals surface area (Å²) < 4.78 is 180. The van der Waals surface area contributed by atoms with Gasteiger partial charge in [-0.3, -0.25) is 0 Å². The second-order valence-electron chi connectivity index (χ2n) is 3.59. The van der Waals surface area contributed by atoms with E-state index in [4.69, 9.17) is 0 Å². The molecule has 0 aliphatic carbocycles. The van der Waals surface area contributed by atoms with Crippen molar-refractivity contribution < 1.29 is 69.7 Å². The van der Waals surface area contributed by atoms with Crippen LogP contribution in [0.5, 0.6) is 0 Å². The first kappa shape index (κ1) is 22.0. The lowest BCUT2D eigenvalue weighted by molar-refractivity contribution is -0.482. The number of hydrogen-bond acceptors (Lipinski definition) is 3. The molecule has 0 aromatic heterocycles. The molecular formula is C6HF13O3S. The molecule has 0 aromatic rings. The monoisotopic (exact) mass is 400 g/mol. The van der Waals surface area contributed by atoms with E-state index in [0.717, 1.165) is 0 Å². The van der Waals surface area contributed by atoms with Crippen molar-refractivity contribution in [3.8, 4) is 0 Å². The average Bonchev–Trinajstić information content (AvgIpc) is 2.24. The van der Waals surface area contributed by atoms with Gasteiger partial charge in [0, 0.05) is 0 Å². The van der Waals surface area contributed by atoms with Gasteiger partial charge in [0.2, 0.25) is 0 Å². The Morgan fingerprint density at radius 1 is 0.739 bits per heavy atom. The number of alkyl halides is 12. The third-order valence-corrected chi connectivity index (χ3v) is 2.81. The second kappa shape index (κ2) is 5.52.